The van der Waals surface area contributed by atoms with Gasteiger partial charge in [0.05, 0.1) is 6.61 Å². The molecule has 0 amide bonds. The average molecular weight is 264 g/mol. The van der Waals surface area contributed by atoms with E-state index in [2.05, 4.69) is 23.2 Å². The maximum absolute atomic E-state index is 5.69. The van der Waals surface area contributed by atoms with Gasteiger partial charge in [-0.1, -0.05) is 55.5 Å². The minimum absolute atomic E-state index is 0.613. The highest BCUT2D eigenvalue weighted by Crippen LogP contribution is 2.30. The number of benzene rings is 2. The summed E-state index contributed by atoms with van der Waals surface area (Å²) in [5, 5.41) is 10.7. The van der Waals surface area contributed by atoms with Gasteiger partial charge < -0.3 is 4.74 Å². The summed E-state index contributed by atoms with van der Waals surface area (Å²) >= 11 is 0. The Morgan fingerprint density at radius 1 is 0.850 bits per heavy atom. The van der Waals surface area contributed by atoms with Crippen LogP contribution in [0.5, 0.6) is 5.88 Å². The number of nitrogens with zero attached hydrogens (tertiary/aromatic N) is 2. The van der Waals surface area contributed by atoms with E-state index < -0.39 is 0 Å². The van der Waals surface area contributed by atoms with Crippen LogP contribution < -0.4 is 4.74 Å². The number of ether oxygens (including phenoxy) is 1. The van der Waals surface area contributed by atoms with Gasteiger partial charge in [-0.25, -0.2) is 0 Å². The van der Waals surface area contributed by atoms with Gasteiger partial charge in [-0.15, -0.1) is 10.2 Å². The first-order valence-electron chi connectivity index (χ1n) is 6.84. The first-order valence-corrected chi connectivity index (χ1v) is 6.84. The van der Waals surface area contributed by atoms with Crippen molar-refractivity contribution in [2.75, 3.05) is 6.61 Å². The monoisotopic (exact) mass is 264 g/mol. The zero-order chi connectivity index (χ0) is 13.8. The van der Waals surface area contributed by atoms with Crippen molar-refractivity contribution in [1.82, 2.24) is 10.2 Å². The van der Waals surface area contributed by atoms with Crippen LogP contribution in [-0.2, 0) is 0 Å². The Labute approximate surface area is 118 Å². The average Bonchev–Trinajstić information content (AvgIpc) is 2.53. The molecule has 100 valence electrons. The second kappa shape index (κ2) is 5.70. The lowest BCUT2D eigenvalue weighted by atomic mass is 10.1. The van der Waals surface area contributed by atoms with Gasteiger partial charge >= 0.3 is 0 Å². The van der Waals surface area contributed by atoms with Gasteiger partial charge in [0.1, 0.15) is 5.69 Å². The third-order valence-corrected chi connectivity index (χ3v) is 3.14. The number of aromatic nitrogens is 2. The number of hydrogen-bond donors (Lipinski definition) is 0. The van der Waals surface area contributed by atoms with Crippen LogP contribution in [0, 0.1) is 0 Å². The van der Waals surface area contributed by atoms with Gasteiger partial charge in [-0.3, -0.25) is 0 Å². The van der Waals surface area contributed by atoms with Crippen LogP contribution in [0.2, 0.25) is 0 Å². The molecule has 0 saturated carbocycles. The topological polar surface area (TPSA) is 35.0 Å². The van der Waals surface area contributed by atoms with E-state index in [1.807, 2.05) is 48.5 Å². The summed E-state index contributed by atoms with van der Waals surface area (Å²) in [6.07, 6.45) is 0.955. The summed E-state index contributed by atoms with van der Waals surface area (Å²) in [7, 11) is 0. The quantitative estimate of drug-likeness (QED) is 0.712. The first-order chi connectivity index (χ1) is 9.90. The summed E-state index contributed by atoms with van der Waals surface area (Å²) in [5.41, 5.74) is 1.96. The molecule has 0 spiro atoms. The molecule has 0 N–H and O–H groups in total. The molecular weight excluding hydrogens is 248 g/mol. The summed E-state index contributed by atoms with van der Waals surface area (Å²) in [5.74, 6) is 0.613. The minimum atomic E-state index is 0.613. The normalized spacial score (nSPS) is 10.7. The molecule has 1 heterocycles. The molecule has 0 atom stereocenters. The van der Waals surface area contributed by atoms with Crippen LogP contribution in [0.3, 0.4) is 0 Å². The van der Waals surface area contributed by atoms with E-state index >= 15 is 0 Å². The van der Waals surface area contributed by atoms with Crippen molar-refractivity contribution < 1.29 is 4.74 Å². The highest BCUT2D eigenvalue weighted by atomic mass is 16.5. The molecule has 3 nitrogen and oxygen atoms in total. The maximum atomic E-state index is 5.69. The summed E-state index contributed by atoms with van der Waals surface area (Å²) in [6, 6.07) is 18.2. The summed E-state index contributed by atoms with van der Waals surface area (Å²) in [4.78, 5) is 0. The van der Waals surface area contributed by atoms with E-state index in [1.165, 1.54) is 0 Å². The van der Waals surface area contributed by atoms with Crippen molar-refractivity contribution >= 4 is 10.8 Å². The second-order valence-corrected chi connectivity index (χ2v) is 4.61. The van der Waals surface area contributed by atoms with Crippen molar-refractivity contribution in [2.45, 2.75) is 13.3 Å². The van der Waals surface area contributed by atoms with Crippen molar-refractivity contribution in [1.29, 1.82) is 0 Å². The lowest BCUT2D eigenvalue weighted by molar-refractivity contribution is 0.306. The SMILES string of the molecule is CCCOc1nnc(-c2ccccc2)c2ccccc12. The number of hydrogen-bond acceptors (Lipinski definition) is 3. The second-order valence-electron chi connectivity index (χ2n) is 4.61. The largest absolute Gasteiger partial charge is 0.476 e. The highest BCUT2D eigenvalue weighted by molar-refractivity contribution is 5.96. The fourth-order valence-corrected chi connectivity index (χ4v) is 2.19. The Bertz CT molecular complexity index is 711. The molecule has 0 aliphatic heterocycles. The Morgan fingerprint density at radius 2 is 1.55 bits per heavy atom. The zero-order valence-electron chi connectivity index (χ0n) is 11.4. The van der Waals surface area contributed by atoms with Crippen LogP contribution in [0.15, 0.2) is 54.6 Å². The lowest BCUT2D eigenvalue weighted by Gasteiger charge is -2.09. The minimum Gasteiger partial charge on any atom is -0.476 e. The van der Waals surface area contributed by atoms with E-state index in [9.17, 15) is 0 Å². The molecule has 0 aliphatic carbocycles. The summed E-state index contributed by atoms with van der Waals surface area (Å²) in [6.45, 7) is 2.73. The van der Waals surface area contributed by atoms with Crippen molar-refractivity contribution in [3.8, 4) is 17.1 Å². The molecule has 3 heteroatoms. The van der Waals surface area contributed by atoms with Gasteiger partial charge in [0.2, 0.25) is 5.88 Å². The lowest BCUT2D eigenvalue weighted by Crippen LogP contribution is -2.00. The molecule has 0 unspecified atom stereocenters. The van der Waals surface area contributed by atoms with Gasteiger partial charge in [0.15, 0.2) is 0 Å². The molecule has 3 rings (SSSR count). The van der Waals surface area contributed by atoms with E-state index in [-0.39, 0.29) is 0 Å². The maximum Gasteiger partial charge on any atom is 0.241 e. The van der Waals surface area contributed by atoms with Crippen LogP contribution in [-0.4, -0.2) is 16.8 Å². The molecule has 20 heavy (non-hydrogen) atoms. The van der Waals surface area contributed by atoms with Crippen LogP contribution >= 0.6 is 0 Å². The standard InChI is InChI=1S/C17H16N2O/c1-2-12-20-17-15-11-7-6-10-14(15)16(18-19-17)13-8-4-3-5-9-13/h3-11H,2,12H2,1H3. The van der Waals surface area contributed by atoms with E-state index in [0.717, 1.165) is 28.5 Å². The van der Waals surface area contributed by atoms with Crippen LogP contribution in [0.1, 0.15) is 13.3 Å². The fraction of sp³-hybridized carbons (Fsp3) is 0.176. The van der Waals surface area contributed by atoms with Gasteiger partial charge in [-0.05, 0) is 12.5 Å². The third kappa shape index (κ3) is 2.35. The fourth-order valence-electron chi connectivity index (χ4n) is 2.19. The van der Waals surface area contributed by atoms with Gasteiger partial charge in [0, 0.05) is 16.3 Å². The predicted molar refractivity (Wildman–Crippen MR) is 80.8 cm³/mol. The van der Waals surface area contributed by atoms with E-state index in [1.54, 1.807) is 0 Å². The first kappa shape index (κ1) is 12.6. The smallest absolute Gasteiger partial charge is 0.241 e. The molecule has 0 aliphatic rings. The highest BCUT2D eigenvalue weighted by Gasteiger charge is 2.10. The van der Waals surface area contributed by atoms with E-state index in [0.29, 0.717) is 12.5 Å². The van der Waals surface area contributed by atoms with E-state index in [4.69, 9.17) is 4.74 Å². The number of rotatable bonds is 4. The van der Waals surface area contributed by atoms with Crippen LogP contribution in [0.4, 0.5) is 0 Å². The molecule has 0 fully saturated rings. The van der Waals surface area contributed by atoms with Crippen molar-refractivity contribution in [3.05, 3.63) is 54.6 Å². The van der Waals surface area contributed by atoms with Gasteiger partial charge in [-0.2, -0.15) is 0 Å². The molecular formula is C17H16N2O. The molecule has 3 aromatic rings. The Morgan fingerprint density at radius 3 is 2.30 bits per heavy atom. The summed E-state index contributed by atoms with van der Waals surface area (Å²) < 4.78 is 5.69. The third-order valence-electron chi connectivity index (χ3n) is 3.14. The Kier molecular flexibility index (Phi) is 3.59. The molecule has 2 aromatic carbocycles. The molecule has 0 bridgehead atoms. The Hall–Kier alpha value is -2.42. The van der Waals surface area contributed by atoms with Crippen molar-refractivity contribution in [2.24, 2.45) is 0 Å². The predicted octanol–water partition coefficient (Wildman–Crippen LogP) is 4.09. The number of fused-ring (bicyclic) bond motifs is 1. The zero-order valence-corrected chi connectivity index (χ0v) is 11.4. The molecule has 0 radical (unpaired) electrons. The van der Waals surface area contributed by atoms with Crippen LogP contribution in [0.25, 0.3) is 22.0 Å². The molecule has 1 aromatic heterocycles. The van der Waals surface area contributed by atoms with Gasteiger partial charge in [0.25, 0.3) is 0 Å². The Balaban J connectivity index is 2.16. The molecule has 0 saturated heterocycles. The van der Waals surface area contributed by atoms with Crippen molar-refractivity contribution in [3.63, 3.8) is 0 Å².